The summed E-state index contributed by atoms with van der Waals surface area (Å²) < 4.78 is 0. The van der Waals surface area contributed by atoms with Crippen LogP contribution in [-0.2, 0) is 11.3 Å². The number of amides is 1. The van der Waals surface area contributed by atoms with Crippen molar-refractivity contribution in [2.75, 3.05) is 6.54 Å². The maximum atomic E-state index is 12.2. The highest BCUT2D eigenvalue weighted by Crippen LogP contribution is 2.10. The molecule has 19 heavy (non-hydrogen) atoms. The molecule has 0 aromatic heterocycles. The van der Waals surface area contributed by atoms with E-state index in [-0.39, 0.29) is 5.91 Å². The molecule has 0 aliphatic heterocycles. The lowest BCUT2D eigenvalue weighted by Gasteiger charge is -2.22. The minimum atomic E-state index is 0.246. The first-order valence-corrected chi connectivity index (χ1v) is 7.06. The van der Waals surface area contributed by atoms with Gasteiger partial charge in [-0.05, 0) is 24.8 Å². The molecule has 0 N–H and O–H groups in total. The fourth-order valence-corrected chi connectivity index (χ4v) is 1.86. The molecule has 0 radical (unpaired) electrons. The molecule has 0 unspecified atom stereocenters. The Kier molecular flexibility index (Phi) is 6.94. The summed E-state index contributed by atoms with van der Waals surface area (Å²) in [6, 6.07) is 10.2. The van der Waals surface area contributed by atoms with Crippen LogP contribution in [0, 0.1) is 5.92 Å². The Morgan fingerprint density at radius 1 is 1.26 bits per heavy atom. The van der Waals surface area contributed by atoms with Crippen LogP contribution in [0.3, 0.4) is 0 Å². The number of hydrogen-bond donors (Lipinski definition) is 0. The van der Waals surface area contributed by atoms with Crippen molar-refractivity contribution >= 4 is 5.91 Å². The molecule has 0 saturated heterocycles. The Hall–Kier alpha value is -1.57. The van der Waals surface area contributed by atoms with E-state index < -0.39 is 0 Å². The zero-order valence-corrected chi connectivity index (χ0v) is 12.3. The Balaban J connectivity index is 2.63. The van der Waals surface area contributed by atoms with Crippen LogP contribution in [0.15, 0.2) is 42.5 Å². The van der Waals surface area contributed by atoms with E-state index in [2.05, 4.69) is 26.0 Å². The molecule has 1 amide bonds. The molecule has 2 heteroatoms. The van der Waals surface area contributed by atoms with Crippen molar-refractivity contribution in [1.29, 1.82) is 0 Å². The molecule has 0 bridgehead atoms. The van der Waals surface area contributed by atoms with Crippen LogP contribution >= 0.6 is 0 Å². The third-order valence-corrected chi connectivity index (χ3v) is 3.07. The zero-order chi connectivity index (χ0) is 14.1. The molecule has 0 fully saturated rings. The van der Waals surface area contributed by atoms with Crippen molar-refractivity contribution < 1.29 is 4.79 Å². The summed E-state index contributed by atoms with van der Waals surface area (Å²) >= 11 is 0. The lowest BCUT2D eigenvalue weighted by atomic mass is 10.1. The number of hydrogen-bond acceptors (Lipinski definition) is 1. The maximum absolute atomic E-state index is 12.2. The van der Waals surface area contributed by atoms with Gasteiger partial charge in [-0.25, -0.2) is 0 Å². The smallest absolute Gasteiger partial charge is 0.223 e. The second-order valence-corrected chi connectivity index (χ2v) is 5.26. The minimum Gasteiger partial charge on any atom is -0.335 e. The number of allylic oxidation sites excluding steroid dienone is 1. The van der Waals surface area contributed by atoms with Crippen LogP contribution in [0.2, 0.25) is 0 Å². The summed E-state index contributed by atoms with van der Waals surface area (Å²) in [5.41, 5.74) is 1.19. The normalized spacial score (nSPS) is 11.2. The van der Waals surface area contributed by atoms with E-state index in [4.69, 9.17) is 0 Å². The highest BCUT2D eigenvalue weighted by Gasteiger charge is 2.12. The second kappa shape index (κ2) is 8.52. The molecule has 0 spiro atoms. The first kappa shape index (κ1) is 15.5. The van der Waals surface area contributed by atoms with Gasteiger partial charge in [-0.1, -0.05) is 56.3 Å². The Bertz CT molecular complexity index is 395. The van der Waals surface area contributed by atoms with E-state index in [1.54, 1.807) is 0 Å². The molecule has 1 rings (SSSR count). The molecular formula is C17H25NO. The van der Waals surface area contributed by atoms with E-state index in [0.29, 0.717) is 25.4 Å². The van der Waals surface area contributed by atoms with Crippen LogP contribution in [-0.4, -0.2) is 17.4 Å². The Morgan fingerprint density at radius 3 is 2.53 bits per heavy atom. The van der Waals surface area contributed by atoms with Crippen LogP contribution in [0.25, 0.3) is 0 Å². The minimum absolute atomic E-state index is 0.246. The first-order chi connectivity index (χ1) is 9.13. The molecule has 0 atom stereocenters. The summed E-state index contributed by atoms with van der Waals surface area (Å²) in [5, 5.41) is 0. The monoisotopic (exact) mass is 259 g/mol. The van der Waals surface area contributed by atoms with Crippen molar-refractivity contribution in [2.45, 2.75) is 40.2 Å². The average molecular weight is 259 g/mol. The van der Waals surface area contributed by atoms with Gasteiger partial charge in [0.25, 0.3) is 0 Å². The van der Waals surface area contributed by atoms with Gasteiger partial charge < -0.3 is 4.90 Å². The molecule has 0 aliphatic carbocycles. The summed E-state index contributed by atoms with van der Waals surface area (Å²) in [7, 11) is 0. The molecule has 0 aliphatic rings. The Labute approximate surface area is 117 Å². The van der Waals surface area contributed by atoms with E-state index in [0.717, 1.165) is 6.42 Å². The van der Waals surface area contributed by atoms with Gasteiger partial charge in [0.1, 0.15) is 0 Å². The van der Waals surface area contributed by atoms with Gasteiger partial charge in [-0.15, -0.1) is 0 Å². The number of carbonyl (C=O) groups excluding carboxylic acids is 1. The van der Waals surface area contributed by atoms with Crippen molar-refractivity contribution in [3.05, 3.63) is 48.0 Å². The van der Waals surface area contributed by atoms with Gasteiger partial charge >= 0.3 is 0 Å². The highest BCUT2D eigenvalue weighted by atomic mass is 16.2. The molecule has 1 aromatic carbocycles. The molecule has 0 heterocycles. The van der Waals surface area contributed by atoms with Crippen molar-refractivity contribution in [3.63, 3.8) is 0 Å². The zero-order valence-electron chi connectivity index (χ0n) is 12.3. The lowest BCUT2D eigenvalue weighted by molar-refractivity contribution is -0.131. The van der Waals surface area contributed by atoms with Crippen LogP contribution in [0.4, 0.5) is 0 Å². The number of carbonyl (C=O) groups is 1. The van der Waals surface area contributed by atoms with Crippen LogP contribution in [0.1, 0.15) is 39.2 Å². The van der Waals surface area contributed by atoms with Gasteiger partial charge in [0.2, 0.25) is 5.91 Å². The number of nitrogens with zero attached hydrogens (tertiary/aromatic N) is 1. The number of rotatable bonds is 7. The first-order valence-electron chi connectivity index (χ1n) is 7.06. The predicted molar refractivity (Wildman–Crippen MR) is 80.7 cm³/mol. The molecule has 0 saturated carbocycles. The molecular weight excluding hydrogens is 234 g/mol. The van der Waals surface area contributed by atoms with Crippen LogP contribution < -0.4 is 0 Å². The lowest BCUT2D eigenvalue weighted by Crippen LogP contribution is -2.30. The summed E-state index contributed by atoms with van der Waals surface area (Å²) in [6.45, 7) is 7.69. The second-order valence-electron chi connectivity index (χ2n) is 5.26. The fraction of sp³-hybridized carbons (Fsp3) is 0.471. The van der Waals surface area contributed by atoms with Crippen molar-refractivity contribution in [1.82, 2.24) is 4.90 Å². The van der Waals surface area contributed by atoms with Gasteiger partial charge in [0.15, 0.2) is 0 Å². The van der Waals surface area contributed by atoms with E-state index >= 15 is 0 Å². The fourth-order valence-electron chi connectivity index (χ4n) is 1.86. The van der Waals surface area contributed by atoms with Crippen molar-refractivity contribution in [2.24, 2.45) is 5.92 Å². The molecule has 104 valence electrons. The van der Waals surface area contributed by atoms with Gasteiger partial charge in [-0.2, -0.15) is 0 Å². The van der Waals surface area contributed by atoms with E-state index in [1.807, 2.05) is 42.2 Å². The number of benzene rings is 1. The topological polar surface area (TPSA) is 20.3 Å². The summed E-state index contributed by atoms with van der Waals surface area (Å²) in [4.78, 5) is 14.2. The predicted octanol–water partition coefficient (Wildman–Crippen LogP) is 4.03. The summed E-state index contributed by atoms with van der Waals surface area (Å²) in [6.07, 6.45) is 5.63. The maximum Gasteiger partial charge on any atom is 0.223 e. The largest absolute Gasteiger partial charge is 0.335 e. The highest BCUT2D eigenvalue weighted by molar-refractivity contribution is 5.76. The third kappa shape index (κ3) is 6.23. The van der Waals surface area contributed by atoms with Gasteiger partial charge in [0.05, 0.1) is 0 Å². The summed E-state index contributed by atoms with van der Waals surface area (Å²) in [5.74, 6) is 0.819. The van der Waals surface area contributed by atoms with Gasteiger partial charge in [0, 0.05) is 19.5 Å². The standard InChI is InChI=1S/C17H25NO/c1-4-5-13-18(17(19)12-11-15(2)3)14-16-9-7-6-8-10-16/h4-10,15H,11-14H2,1-3H3/b5-4+. The Morgan fingerprint density at radius 2 is 1.95 bits per heavy atom. The molecule has 1 aromatic rings. The van der Waals surface area contributed by atoms with Gasteiger partial charge in [-0.3, -0.25) is 4.79 Å². The molecule has 2 nitrogen and oxygen atoms in total. The quantitative estimate of drug-likeness (QED) is 0.677. The van der Waals surface area contributed by atoms with E-state index in [1.165, 1.54) is 5.56 Å². The van der Waals surface area contributed by atoms with Crippen LogP contribution in [0.5, 0.6) is 0 Å². The third-order valence-electron chi connectivity index (χ3n) is 3.07. The van der Waals surface area contributed by atoms with Crippen molar-refractivity contribution in [3.8, 4) is 0 Å². The SMILES string of the molecule is C/C=C/CN(Cc1ccccc1)C(=O)CCC(C)C. The van der Waals surface area contributed by atoms with E-state index in [9.17, 15) is 4.79 Å². The average Bonchev–Trinajstić information content (AvgIpc) is 2.41.